The summed E-state index contributed by atoms with van der Waals surface area (Å²) in [6.45, 7) is 16.2. The summed E-state index contributed by atoms with van der Waals surface area (Å²) >= 11 is 0.537. The maximum atomic E-state index is 2.44. The average molecular weight is 284 g/mol. The van der Waals surface area contributed by atoms with Crippen LogP contribution in [0.4, 0.5) is 0 Å². The fourth-order valence-corrected chi connectivity index (χ4v) is 4.16. The monoisotopic (exact) mass is 285 g/mol. The maximum absolute atomic E-state index is 2.44. The van der Waals surface area contributed by atoms with Crippen molar-refractivity contribution in [2.75, 3.05) is 0 Å². The van der Waals surface area contributed by atoms with Crippen LogP contribution in [0, 0.1) is 0 Å². The van der Waals surface area contributed by atoms with Crippen molar-refractivity contribution in [3.05, 3.63) is 26.6 Å². The van der Waals surface area contributed by atoms with Crippen LogP contribution in [0.5, 0.6) is 0 Å². The zero-order valence-electron chi connectivity index (χ0n) is 11.8. The Hall–Kier alpha value is -0.131. The van der Waals surface area contributed by atoms with Crippen LogP contribution < -0.4 is 0 Å². The van der Waals surface area contributed by atoms with Crippen molar-refractivity contribution in [1.82, 2.24) is 0 Å². The molecule has 16 heavy (non-hydrogen) atoms. The van der Waals surface area contributed by atoms with Crippen LogP contribution in [-0.4, -0.2) is 14.5 Å². The molecule has 1 aromatic rings. The van der Waals surface area contributed by atoms with Gasteiger partial charge in [0.2, 0.25) is 0 Å². The van der Waals surface area contributed by atoms with Gasteiger partial charge in [0.1, 0.15) is 0 Å². The molecule has 1 heterocycles. The molecule has 1 rings (SSSR count). The summed E-state index contributed by atoms with van der Waals surface area (Å²) in [6.07, 6.45) is 1.15. The van der Waals surface area contributed by atoms with E-state index in [-0.39, 0.29) is 0 Å². The van der Waals surface area contributed by atoms with Gasteiger partial charge in [-0.2, -0.15) is 0 Å². The van der Waals surface area contributed by atoms with E-state index < -0.39 is 0 Å². The van der Waals surface area contributed by atoms with Gasteiger partial charge in [-0.1, -0.05) is 0 Å². The van der Waals surface area contributed by atoms with Crippen LogP contribution >= 0.6 is 0 Å². The van der Waals surface area contributed by atoms with Gasteiger partial charge in [-0.15, -0.1) is 0 Å². The molecule has 0 spiro atoms. The molecule has 1 aromatic heterocycles. The number of hydrogen-bond donors (Lipinski definition) is 0. The quantitative estimate of drug-likeness (QED) is 0.679. The van der Waals surface area contributed by atoms with Crippen molar-refractivity contribution in [3.8, 4) is 0 Å². The summed E-state index contributed by atoms with van der Waals surface area (Å²) < 4.78 is 3.29. The van der Waals surface area contributed by atoms with Crippen LogP contribution in [0.2, 0.25) is 0 Å². The standard InChI is InChI=1S/C15H25Se/c1-8-11-9-12(14(2,3)4)16-13(10-11)15(5,6)7/h9-10H,8H2,1-7H3/q+1. The summed E-state index contributed by atoms with van der Waals surface area (Å²) in [4.78, 5) is 0. The average Bonchev–Trinajstić information content (AvgIpc) is 2.14. The van der Waals surface area contributed by atoms with Crippen molar-refractivity contribution in [1.29, 1.82) is 0 Å². The molecular formula is C15H25Se+. The van der Waals surface area contributed by atoms with Gasteiger partial charge in [0.15, 0.2) is 0 Å². The van der Waals surface area contributed by atoms with E-state index in [0.717, 1.165) is 6.42 Å². The van der Waals surface area contributed by atoms with Gasteiger partial charge in [0, 0.05) is 0 Å². The molecule has 1 heteroatoms. The van der Waals surface area contributed by atoms with E-state index >= 15 is 0 Å². The van der Waals surface area contributed by atoms with Crippen molar-refractivity contribution in [3.63, 3.8) is 0 Å². The normalized spacial score (nSPS) is 12.9. The molecule has 0 aliphatic carbocycles. The van der Waals surface area contributed by atoms with Gasteiger partial charge >= 0.3 is 107 Å². The van der Waals surface area contributed by atoms with Crippen LogP contribution in [0.1, 0.15) is 62.9 Å². The first-order valence-electron chi connectivity index (χ1n) is 6.12. The Bertz CT molecular complexity index is 332. The summed E-state index contributed by atoms with van der Waals surface area (Å²) in [5, 5.41) is 0. The second kappa shape index (κ2) is 4.62. The molecule has 0 unspecified atom stereocenters. The molecule has 0 amide bonds. The second-order valence-electron chi connectivity index (χ2n) is 6.55. The first kappa shape index (κ1) is 13.9. The predicted octanol–water partition coefficient (Wildman–Crippen LogP) is 4.18. The van der Waals surface area contributed by atoms with Crippen molar-refractivity contribution < 1.29 is 0 Å². The molecule has 0 nitrogen and oxygen atoms in total. The molecule has 0 aromatic carbocycles. The van der Waals surface area contributed by atoms with Gasteiger partial charge in [-0.3, -0.25) is 0 Å². The summed E-state index contributed by atoms with van der Waals surface area (Å²) in [5.74, 6) is 0. The SMILES string of the molecule is CCc1cc(C(C)(C)C)[se+]c(C(C)(C)C)c1. The fourth-order valence-electron chi connectivity index (χ4n) is 1.50. The molecule has 0 aliphatic heterocycles. The molecule has 0 bridgehead atoms. The summed E-state index contributed by atoms with van der Waals surface area (Å²) in [7, 11) is 0. The molecule has 0 fully saturated rings. The van der Waals surface area contributed by atoms with E-state index in [1.54, 1.807) is 8.87 Å². The van der Waals surface area contributed by atoms with Crippen molar-refractivity contribution in [2.45, 2.75) is 65.7 Å². The van der Waals surface area contributed by atoms with E-state index in [2.05, 4.69) is 60.6 Å². The van der Waals surface area contributed by atoms with E-state index in [9.17, 15) is 0 Å². The molecule has 0 N–H and O–H groups in total. The minimum atomic E-state index is 0.325. The Kier molecular flexibility index (Phi) is 4.03. The van der Waals surface area contributed by atoms with Gasteiger partial charge in [0.25, 0.3) is 0 Å². The van der Waals surface area contributed by atoms with E-state index in [1.165, 1.54) is 5.56 Å². The second-order valence-corrected chi connectivity index (χ2v) is 8.82. The van der Waals surface area contributed by atoms with Crippen molar-refractivity contribution in [2.24, 2.45) is 0 Å². The molecular weight excluding hydrogens is 259 g/mol. The van der Waals surface area contributed by atoms with Crippen LogP contribution in [-0.2, 0) is 17.3 Å². The predicted molar refractivity (Wildman–Crippen MR) is 74.6 cm³/mol. The number of aryl methyl sites for hydroxylation is 1. The van der Waals surface area contributed by atoms with Gasteiger partial charge in [-0.25, -0.2) is 0 Å². The Morgan fingerprint density at radius 1 is 0.875 bits per heavy atom. The van der Waals surface area contributed by atoms with E-state index in [4.69, 9.17) is 0 Å². The van der Waals surface area contributed by atoms with Gasteiger partial charge in [-0.05, 0) is 0 Å². The number of rotatable bonds is 1. The Labute approximate surface area is 107 Å². The third-order valence-electron chi connectivity index (χ3n) is 2.74. The first-order valence-corrected chi connectivity index (χ1v) is 7.84. The summed E-state index contributed by atoms with van der Waals surface area (Å²) in [6, 6.07) is 4.88. The molecule has 0 saturated carbocycles. The molecule has 90 valence electrons. The zero-order chi connectivity index (χ0) is 12.6. The van der Waals surface area contributed by atoms with Crippen LogP contribution in [0.25, 0.3) is 0 Å². The van der Waals surface area contributed by atoms with E-state index in [0.29, 0.717) is 25.3 Å². The van der Waals surface area contributed by atoms with Gasteiger partial charge < -0.3 is 0 Å². The molecule has 0 saturated heterocycles. The molecule has 0 aliphatic rings. The molecule has 0 atom stereocenters. The fraction of sp³-hybridized carbons (Fsp3) is 0.667. The Morgan fingerprint density at radius 3 is 1.50 bits per heavy atom. The van der Waals surface area contributed by atoms with Gasteiger partial charge in [0.05, 0.1) is 0 Å². The third-order valence-corrected chi connectivity index (χ3v) is 6.73. The molecule has 0 radical (unpaired) electrons. The van der Waals surface area contributed by atoms with Crippen molar-refractivity contribution >= 4 is 14.5 Å². The number of hydrogen-bond acceptors (Lipinski definition) is 0. The first-order chi connectivity index (χ1) is 7.14. The Morgan fingerprint density at radius 2 is 1.25 bits per heavy atom. The summed E-state index contributed by atoms with van der Waals surface area (Å²) in [5.41, 5.74) is 2.15. The third kappa shape index (κ3) is 3.43. The van der Waals surface area contributed by atoms with Crippen LogP contribution in [0.3, 0.4) is 0 Å². The minimum absolute atomic E-state index is 0.325. The zero-order valence-corrected chi connectivity index (χ0v) is 13.5. The van der Waals surface area contributed by atoms with Crippen LogP contribution in [0.15, 0.2) is 12.1 Å². The topological polar surface area (TPSA) is 0 Å². The van der Waals surface area contributed by atoms with E-state index in [1.807, 2.05) is 0 Å². The Balaban J connectivity index is 3.33.